The van der Waals surface area contributed by atoms with Crippen molar-refractivity contribution in [2.45, 2.75) is 126 Å². The first-order valence-corrected chi connectivity index (χ1v) is 15.9. The number of aryl methyl sites for hydroxylation is 2. The first-order valence-electron chi connectivity index (χ1n) is 15.9. The zero-order chi connectivity index (χ0) is 34.5. The van der Waals surface area contributed by atoms with Gasteiger partial charge in [-0.25, -0.2) is 0 Å². The summed E-state index contributed by atoms with van der Waals surface area (Å²) in [7, 11) is 0. The van der Waals surface area contributed by atoms with Crippen LogP contribution >= 0.6 is 0 Å². The molecule has 0 amide bonds. The summed E-state index contributed by atoms with van der Waals surface area (Å²) in [4.78, 5) is 27.5. The summed E-state index contributed by atoms with van der Waals surface area (Å²) in [5.41, 5.74) is 6.47. The van der Waals surface area contributed by atoms with Gasteiger partial charge >= 0.3 is 16.8 Å². The van der Waals surface area contributed by atoms with Gasteiger partial charge in [0.1, 0.15) is 11.5 Å². The summed E-state index contributed by atoms with van der Waals surface area (Å²) >= 11 is 0. The van der Waals surface area contributed by atoms with Crippen LogP contribution in [0.15, 0.2) is 34.3 Å². The Kier molecular flexibility index (Phi) is 18.1. The van der Waals surface area contributed by atoms with E-state index in [4.69, 9.17) is 29.8 Å². The van der Waals surface area contributed by atoms with Crippen LogP contribution in [-0.4, -0.2) is 46.7 Å². The van der Waals surface area contributed by atoms with Crippen molar-refractivity contribution < 1.29 is 46.8 Å². The zero-order valence-electron chi connectivity index (χ0n) is 29.3. The van der Waals surface area contributed by atoms with Crippen molar-refractivity contribution in [2.75, 3.05) is 0 Å². The number of hydrogen-bond acceptors (Lipinski definition) is 8. The van der Waals surface area contributed by atoms with E-state index in [1.807, 2.05) is 12.4 Å². The maximum absolute atomic E-state index is 10.8. The molecule has 0 aromatic heterocycles. The van der Waals surface area contributed by atoms with Crippen molar-refractivity contribution >= 4 is 24.4 Å². The van der Waals surface area contributed by atoms with Crippen molar-refractivity contribution in [2.24, 2.45) is 20.8 Å². The number of hydrogen-bond donors (Lipinski definition) is 2. The van der Waals surface area contributed by atoms with Gasteiger partial charge in [0.15, 0.2) is 0 Å². The van der Waals surface area contributed by atoms with E-state index < -0.39 is 11.9 Å². The molecule has 257 valence electrons. The molecule has 1 aliphatic rings. The maximum atomic E-state index is 10.8. The monoisotopic (exact) mass is 681 g/mol. The molecule has 8 nitrogen and oxygen atoms in total. The standard InChI is InChI=1S/C33H48N2O2.2C2H4O2.Co/c1-9-24-13-22(18-32(3,4)5)15-26(30(24)36)20-34-28-11-12-29(17-28)35-21-27-16-23(19-33(6,7)8)14-25(10-2)31(27)37;2*1-2(3)4;/h13-16,20-21,28-29,36-37H,9-12,17-19H2,1-8H3;2*1H3,(H,3,4);/q;;;+2/p-2. The fraction of sp³-hybridized carbons (Fsp3) is 0.568. The van der Waals surface area contributed by atoms with Crippen LogP contribution in [-0.2, 0) is 52.1 Å². The Hall–Kier alpha value is -3.17. The first-order chi connectivity index (χ1) is 20.7. The number of carboxylic acids is 2. The third-order valence-corrected chi connectivity index (χ3v) is 7.01. The number of carbonyl (C=O) groups excluding carboxylic acids is 2. The molecule has 2 aromatic carbocycles. The molecule has 1 aliphatic carbocycles. The van der Waals surface area contributed by atoms with Crippen LogP contribution < -0.4 is 10.2 Å². The quantitative estimate of drug-likeness (QED) is 0.359. The molecule has 2 N–H and O–H groups in total. The van der Waals surface area contributed by atoms with Gasteiger partial charge in [-0.05, 0) is 104 Å². The third-order valence-electron chi connectivity index (χ3n) is 7.01. The van der Waals surface area contributed by atoms with Crippen LogP contribution in [0.2, 0.25) is 0 Å². The van der Waals surface area contributed by atoms with Crippen molar-refractivity contribution in [3.8, 4) is 11.5 Å². The van der Waals surface area contributed by atoms with E-state index in [-0.39, 0.29) is 39.7 Å². The van der Waals surface area contributed by atoms with E-state index >= 15 is 0 Å². The Morgan fingerprint density at radius 3 is 1.30 bits per heavy atom. The molecule has 2 atom stereocenters. The van der Waals surface area contributed by atoms with Gasteiger partial charge in [0.25, 0.3) is 0 Å². The van der Waals surface area contributed by atoms with Gasteiger partial charge in [-0.1, -0.05) is 67.5 Å². The Labute approximate surface area is 286 Å². The van der Waals surface area contributed by atoms with Crippen LogP contribution in [0.1, 0.15) is 122 Å². The summed E-state index contributed by atoms with van der Waals surface area (Å²) in [6, 6.07) is 8.84. The minimum absolute atomic E-state index is 0. The molecule has 2 aromatic rings. The largest absolute Gasteiger partial charge is 2.00 e. The molecular formula is C37H54CoN2O6. The van der Waals surface area contributed by atoms with Gasteiger partial charge in [0.05, 0.1) is 12.1 Å². The number of aliphatic carboxylic acids is 2. The van der Waals surface area contributed by atoms with E-state index in [0.717, 1.165) is 81.0 Å². The fourth-order valence-electron chi connectivity index (χ4n) is 5.32. The van der Waals surface area contributed by atoms with Gasteiger partial charge in [0, 0.05) is 35.5 Å². The summed E-state index contributed by atoms with van der Waals surface area (Å²) in [5.74, 6) is -1.46. The molecule has 0 bridgehead atoms. The average molecular weight is 682 g/mol. The molecule has 0 spiro atoms. The smallest absolute Gasteiger partial charge is 0.550 e. The second-order valence-electron chi connectivity index (χ2n) is 14.2. The summed E-state index contributed by atoms with van der Waals surface area (Å²) in [5, 5.41) is 39.3. The summed E-state index contributed by atoms with van der Waals surface area (Å²) < 4.78 is 0. The Balaban J connectivity index is 0.00000201. The van der Waals surface area contributed by atoms with E-state index in [1.165, 1.54) is 11.1 Å². The second-order valence-corrected chi connectivity index (χ2v) is 14.2. The topological polar surface area (TPSA) is 145 Å². The van der Waals surface area contributed by atoms with Gasteiger partial charge in [-0.2, -0.15) is 0 Å². The molecule has 1 saturated carbocycles. The molecule has 1 radical (unpaired) electrons. The van der Waals surface area contributed by atoms with Gasteiger partial charge in [0.2, 0.25) is 0 Å². The number of aromatic hydroxyl groups is 2. The number of carbonyl (C=O) groups is 2. The van der Waals surface area contributed by atoms with Crippen LogP contribution in [0.3, 0.4) is 0 Å². The van der Waals surface area contributed by atoms with E-state index in [1.54, 1.807) is 0 Å². The summed E-state index contributed by atoms with van der Waals surface area (Å²) in [6.45, 7) is 19.5. The average Bonchev–Trinajstić information content (AvgIpc) is 3.34. The van der Waals surface area contributed by atoms with Crippen molar-refractivity contribution in [3.63, 3.8) is 0 Å². The number of rotatable bonds is 8. The van der Waals surface area contributed by atoms with Crippen LogP contribution in [0.25, 0.3) is 0 Å². The van der Waals surface area contributed by atoms with Gasteiger partial charge < -0.3 is 30.0 Å². The molecule has 0 aliphatic heterocycles. The van der Waals surface area contributed by atoms with Crippen molar-refractivity contribution in [1.29, 1.82) is 0 Å². The second kappa shape index (κ2) is 19.5. The maximum Gasteiger partial charge on any atom is 2.00 e. The molecule has 46 heavy (non-hydrogen) atoms. The fourth-order valence-corrected chi connectivity index (χ4v) is 5.32. The predicted molar refractivity (Wildman–Crippen MR) is 179 cm³/mol. The number of aliphatic imine (C=N–C) groups is 2. The number of nitrogens with zero attached hydrogens (tertiary/aromatic N) is 2. The number of benzene rings is 2. The van der Waals surface area contributed by atoms with Gasteiger partial charge in [-0.3, -0.25) is 9.98 Å². The number of carboxylic acid groups (broad SMARTS) is 2. The summed E-state index contributed by atoms with van der Waals surface area (Å²) in [6.07, 6.45) is 10.1. The van der Waals surface area contributed by atoms with Crippen molar-refractivity contribution in [1.82, 2.24) is 0 Å². The Morgan fingerprint density at radius 1 is 0.739 bits per heavy atom. The zero-order valence-corrected chi connectivity index (χ0v) is 30.4. The van der Waals surface area contributed by atoms with Crippen LogP contribution in [0.4, 0.5) is 0 Å². The van der Waals surface area contributed by atoms with Crippen LogP contribution in [0.5, 0.6) is 11.5 Å². The number of phenolic OH excluding ortho intramolecular Hbond substituents is 2. The first kappa shape index (κ1) is 42.8. The van der Waals surface area contributed by atoms with E-state index in [9.17, 15) is 10.2 Å². The van der Waals surface area contributed by atoms with Crippen LogP contribution in [0, 0.1) is 10.8 Å². The SMILES string of the molecule is CC(=O)[O-].CC(=O)[O-].CCc1cc(CC(C)(C)C)cc(C=NC2CCC(N=Cc3cc(CC(C)(C)C)cc(CC)c3O)C2)c1O.[Co+2]. The molecule has 9 heteroatoms. The van der Waals surface area contributed by atoms with E-state index in [2.05, 4.69) is 79.7 Å². The normalized spacial score (nSPS) is 16.3. The van der Waals surface area contributed by atoms with E-state index in [0.29, 0.717) is 11.5 Å². The molecular weight excluding hydrogens is 627 g/mol. The van der Waals surface area contributed by atoms with Gasteiger partial charge in [-0.15, -0.1) is 0 Å². The minimum atomic E-state index is -1.08. The predicted octanol–water partition coefficient (Wildman–Crippen LogP) is 5.37. The molecule has 0 heterocycles. The minimum Gasteiger partial charge on any atom is -0.550 e. The third kappa shape index (κ3) is 16.9. The molecule has 2 unspecified atom stereocenters. The Bertz CT molecular complexity index is 1230. The Morgan fingerprint density at radius 2 is 1.04 bits per heavy atom. The van der Waals surface area contributed by atoms with Crippen molar-refractivity contribution in [3.05, 3.63) is 57.6 Å². The molecule has 0 saturated heterocycles. The number of phenols is 2. The molecule has 3 rings (SSSR count). The molecule has 1 fully saturated rings.